The van der Waals surface area contributed by atoms with Crippen LogP contribution >= 0.6 is 11.6 Å². The van der Waals surface area contributed by atoms with Crippen molar-refractivity contribution in [2.24, 2.45) is 0 Å². The van der Waals surface area contributed by atoms with Crippen LogP contribution in [0.15, 0.2) is 78.9 Å². The SMILES string of the molecule is Nc1cccc(N2C(=O)C(Cc3cc(F)cc(F)c3)c3cc(-c4cccc(Cl)c4)ccc32)n1. The zero-order valence-corrected chi connectivity index (χ0v) is 18.1. The van der Waals surface area contributed by atoms with Gasteiger partial charge in [-0.05, 0) is 77.2 Å². The fourth-order valence-electron chi connectivity index (χ4n) is 4.25. The number of pyridine rings is 1. The minimum absolute atomic E-state index is 0.137. The Hall–Kier alpha value is -3.77. The third-order valence-electron chi connectivity index (χ3n) is 5.67. The second kappa shape index (κ2) is 8.30. The molecule has 0 spiro atoms. The van der Waals surface area contributed by atoms with Crippen LogP contribution in [-0.2, 0) is 11.2 Å². The number of anilines is 3. The number of hydrogen-bond acceptors (Lipinski definition) is 3. The van der Waals surface area contributed by atoms with E-state index in [-0.39, 0.29) is 18.1 Å². The summed E-state index contributed by atoms with van der Waals surface area (Å²) in [5.41, 5.74) is 9.42. The van der Waals surface area contributed by atoms with Crippen molar-refractivity contribution in [3.05, 3.63) is 107 Å². The van der Waals surface area contributed by atoms with Crippen molar-refractivity contribution in [1.29, 1.82) is 0 Å². The zero-order chi connectivity index (χ0) is 23.1. The molecule has 0 saturated carbocycles. The summed E-state index contributed by atoms with van der Waals surface area (Å²) in [6.07, 6.45) is 0.137. The molecule has 1 aliphatic rings. The lowest BCUT2D eigenvalue weighted by Gasteiger charge is -2.17. The van der Waals surface area contributed by atoms with E-state index in [4.69, 9.17) is 17.3 Å². The average Bonchev–Trinajstić information content (AvgIpc) is 3.04. The highest BCUT2D eigenvalue weighted by Gasteiger charge is 2.39. The van der Waals surface area contributed by atoms with E-state index in [0.29, 0.717) is 22.1 Å². The van der Waals surface area contributed by atoms with Gasteiger partial charge in [-0.2, -0.15) is 0 Å². The van der Waals surface area contributed by atoms with E-state index in [1.807, 2.05) is 36.4 Å². The first-order valence-electron chi connectivity index (χ1n) is 10.3. The van der Waals surface area contributed by atoms with Gasteiger partial charge in [0.05, 0.1) is 11.6 Å². The molecule has 5 rings (SSSR count). The van der Waals surface area contributed by atoms with Crippen LogP contribution in [0.5, 0.6) is 0 Å². The molecule has 0 saturated heterocycles. The summed E-state index contributed by atoms with van der Waals surface area (Å²) in [6.45, 7) is 0. The van der Waals surface area contributed by atoms with Gasteiger partial charge in [-0.15, -0.1) is 0 Å². The molecule has 4 nitrogen and oxygen atoms in total. The Morgan fingerprint density at radius 3 is 2.36 bits per heavy atom. The number of carbonyl (C=O) groups is 1. The number of nitrogens with two attached hydrogens (primary N) is 1. The summed E-state index contributed by atoms with van der Waals surface area (Å²) < 4.78 is 27.7. The van der Waals surface area contributed by atoms with Crippen LogP contribution in [-0.4, -0.2) is 10.9 Å². The number of nitrogen functional groups attached to an aromatic ring is 1. The van der Waals surface area contributed by atoms with Gasteiger partial charge in [0.2, 0.25) is 5.91 Å². The van der Waals surface area contributed by atoms with Crippen molar-refractivity contribution >= 4 is 34.8 Å². The van der Waals surface area contributed by atoms with E-state index in [0.717, 1.165) is 22.8 Å². The van der Waals surface area contributed by atoms with Crippen molar-refractivity contribution in [2.45, 2.75) is 12.3 Å². The molecule has 1 unspecified atom stereocenters. The molecule has 7 heteroatoms. The molecule has 3 aromatic carbocycles. The second-order valence-corrected chi connectivity index (χ2v) is 8.35. The Bertz CT molecular complexity index is 1370. The van der Waals surface area contributed by atoms with Crippen LogP contribution in [0.1, 0.15) is 17.0 Å². The minimum atomic E-state index is -0.683. The number of amides is 1. The maximum atomic E-state index is 13.8. The van der Waals surface area contributed by atoms with Crippen molar-refractivity contribution in [3.63, 3.8) is 0 Å². The maximum Gasteiger partial charge on any atom is 0.240 e. The first-order chi connectivity index (χ1) is 15.9. The van der Waals surface area contributed by atoms with Crippen LogP contribution in [0.3, 0.4) is 0 Å². The van der Waals surface area contributed by atoms with E-state index < -0.39 is 17.6 Å². The standard InChI is InChI=1S/C26H18ClF2N3O/c27-18-4-1-3-16(12-18)17-7-8-23-21(13-17)22(11-15-9-19(28)14-20(29)10-15)26(33)32(23)25-6-2-5-24(30)31-25/h1-10,12-14,22H,11H2,(H2,30,31). The molecule has 0 bridgehead atoms. The molecule has 2 N–H and O–H groups in total. The third kappa shape index (κ3) is 4.05. The molecule has 1 atom stereocenters. The van der Waals surface area contributed by atoms with Crippen LogP contribution < -0.4 is 10.6 Å². The molecule has 33 heavy (non-hydrogen) atoms. The van der Waals surface area contributed by atoms with E-state index >= 15 is 0 Å². The van der Waals surface area contributed by atoms with Crippen molar-refractivity contribution in [2.75, 3.05) is 10.6 Å². The van der Waals surface area contributed by atoms with Gasteiger partial charge in [0.15, 0.2) is 0 Å². The van der Waals surface area contributed by atoms with E-state index in [9.17, 15) is 13.6 Å². The predicted molar refractivity (Wildman–Crippen MR) is 125 cm³/mol. The van der Waals surface area contributed by atoms with Crippen molar-refractivity contribution in [3.8, 4) is 11.1 Å². The lowest BCUT2D eigenvalue weighted by atomic mass is 9.91. The van der Waals surface area contributed by atoms with Gasteiger partial charge in [-0.1, -0.05) is 35.9 Å². The van der Waals surface area contributed by atoms with Gasteiger partial charge >= 0.3 is 0 Å². The Balaban J connectivity index is 1.63. The molecular formula is C26H18ClF2N3O. The number of carbonyl (C=O) groups excluding carboxylic acids is 1. The Morgan fingerprint density at radius 2 is 1.64 bits per heavy atom. The van der Waals surface area contributed by atoms with E-state index in [1.54, 1.807) is 24.3 Å². The first kappa shape index (κ1) is 21.1. The Labute approximate surface area is 194 Å². The Morgan fingerprint density at radius 1 is 0.909 bits per heavy atom. The zero-order valence-electron chi connectivity index (χ0n) is 17.3. The third-order valence-corrected chi connectivity index (χ3v) is 5.90. The number of fused-ring (bicyclic) bond motifs is 1. The van der Waals surface area contributed by atoms with Gasteiger partial charge in [0.1, 0.15) is 23.3 Å². The predicted octanol–water partition coefficient (Wildman–Crippen LogP) is 6.27. The first-order valence-corrected chi connectivity index (χ1v) is 10.7. The summed E-state index contributed by atoms with van der Waals surface area (Å²) in [5, 5.41) is 0.599. The van der Waals surface area contributed by atoms with Gasteiger partial charge in [0, 0.05) is 11.1 Å². The lowest BCUT2D eigenvalue weighted by Crippen LogP contribution is -2.25. The molecule has 164 valence electrons. The van der Waals surface area contributed by atoms with Crippen LogP contribution in [0.4, 0.5) is 26.1 Å². The minimum Gasteiger partial charge on any atom is -0.384 e. The topological polar surface area (TPSA) is 59.2 Å². The molecule has 0 radical (unpaired) electrons. The second-order valence-electron chi connectivity index (χ2n) is 7.91. The van der Waals surface area contributed by atoms with Crippen LogP contribution in [0.2, 0.25) is 5.02 Å². The normalized spacial score (nSPS) is 15.1. The number of hydrogen-bond donors (Lipinski definition) is 1. The Kier molecular flexibility index (Phi) is 5.30. The summed E-state index contributed by atoms with van der Waals surface area (Å²) in [7, 11) is 0. The largest absolute Gasteiger partial charge is 0.384 e. The highest BCUT2D eigenvalue weighted by atomic mass is 35.5. The summed E-state index contributed by atoms with van der Waals surface area (Å²) in [4.78, 5) is 19.4. The van der Waals surface area contributed by atoms with Gasteiger partial charge in [0.25, 0.3) is 0 Å². The smallest absolute Gasteiger partial charge is 0.240 e. The van der Waals surface area contributed by atoms with Gasteiger partial charge < -0.3 is 5.73 Å². The molecule has 0 fully saturated rings. The van der Waals surface area contributed by atoms with E-state index in [1.165, 1.54) is 17.0 Å². The summed E-state index contributed by atoms with van der Waals surface area (Å²) >= 11 is 6.17. The summed E-state index contributed by atoms with van der Waals surface area (Å²) in [6, 6.07) is 21.5. The average molecular weight is 462 g/mol. The maximum absolute atomic E-state index is 13.8. The monoisotopic (exact) mass is 461 g/mol. The molecule has 1 aromatic heterocycles. The molecule has 2 heterocycles. The fourth-order valence-corrected chi connectivity index (χ4v) is 4.44. The molecule has 4 aromatic rings. The molecular weight excluding hydrogens is 444 g/mol. The fraction of sp³-hybridized carbons (Fsp3) is 0.0769. The number of halogens is 3. The molecule has 1 aliphatic heterocycles. The number of nitrogens with zero attached hydrogens (tertiary/aromatic N) is 2. The number of benzene rings is 3. The highest BCUT2D eigenvalue weighted by Crippen LogP contribution is 2.44. The van der Waals surface area contributed by atoms with Crippen molar-refractivity contribution < 1.29 is 13.6 Å². The van der Waals surface area contributed by atoms with E-state index in [2.05, 4.69) is 4.98 Å². The molecule has 0 aliphatic carbocycles. The number of aromatic nitrogens is 1. The lowest BCUT2D eigenvalue weighted by molar-refractivity contribution is -0.118. The number of rotatable bonds is 4. The van der Waals surface area contributed by atoms with Crippen LogP contribution in [0.25, 0.3) is 11.1 Å². The van der Waals surface area contributed by atoms with Crippen LogP contribution in [0, 0.1) is 11.6 Å². The quantitative estimate of drug-likeness (QED) is 0.390. The highest BCUT2D eigenvalue weighted by molar-refractivity contribution is 6.30. The van der Waals surface area contributed by atoms with Crippen molar-refractivity contribution in [1.82, 2.24) is 4.98 Å². The van der Waals surface area contributed by atoms with Gasteiger partial charge in [-0.3, -0.25) is 9.69 Å². The summed E-state index contributed by atoms with van der Waals surface area (Å²) in [5.74, 6) is -1.58. The van der Waals surface area contributed by atoms with Gasteiger partial charge in [-0.25, -0.2) is 13.8 Å². The molecule has 1 amide bonds.